The fourth-order valence-electron chi connectivity index (χ4n) is 2.43. The van der Waals surface area contributed by atoms with Gasteiger partial charge in [0, 0.05) is 19.1 Å². The molecule has 2 rings (SSSR count). The van der Waals surface area contributed by atoms with Crippen LogP contribution < -0.4 is 5.46 Å². The molecule has 0 radical (unpaired) electrons. The Bertz CT molecular complexity index is 374. The Kier molecular flexibility index (Phi) is 4.40. The molecule has 18 heavy (non-hydrogen) atoms. The van der Waals surface area contributed by atoms with E-state index in [1.165, 1.54) is 0 Å². The van der Waals surface area contributed by atoms with Gasteiger partial charge in [0.05, 0.1) is 6.10 Å². The number of rotatable bonds is 3. The smallest absolute Gasteiger partial charge is 0.423 e. The molecule has 98 valence electrons. The van der Waals surface area contributed by atoms with Gasteiger partial charge in [-0.1, -0.05) is 24.3 Å². The molecule has 0 aliphatic carbocycles. The third kappa shape index (κ3) is 3.11. The number of benzene rings is 1. The molecular weight excluding hydrogens is 229 g/mol. The normalized spacial score (nSPS) is 19.8. The van der Waals surface area contributed by atoms with E-state index < -0.39 is 7.12 Å². The first-order chi connectivity index (χ1) is 8.58. The van der Waals surface area contributed by atoms with Gasteiger partial charge in [0.2, 0.25) is 0 Å². The van der Waals surface area contributed by atoms with Gasteiger partial charge in [-0.05, 0) is 30.8 Å². The molecule has 1 aliphatic rings. The van der Waals surface area contributed by atoms with Crippen molar-refractivity contribution in [1.82, 2.24) is 4.90 Å². The van der Waals surface area contributed by atoms with E-state index in [1.807, 2.05) is 12.1 Å². The fraction of sp³-hybridized carbons (Fsp3) is 0.538. The summed E-state index contributed by atoms with van der Waals surface area (Å²) in [6.07, 6.45) is 1.51. The first-order valence-corrected chi connectivity index (χ1v) is 6.46. The maximum Gasteiger partial charge on any atom is 0.488 e. The largest absolute Gasteiger partial charge is 0.488 e. The zero-order valence-electron chi connectivity index (χ0n) is 10.7. The van der Waals surface area contributed by atoms with Gasteiger partial charge >= 0.3 is 7.12 Å². The molecule has 0 aromatic heterocycles. The SMILES string of the molecule is C[C@@H](c1ccc(B(O)O)cc1)N1CCC(O)CC1. The highest BCUT2D eigenvalue weighted by Crippen LogP contribution is 2.23. The van der Waals surface area contributed by atoms with Crippen LogP contribution in [0.5, 0.6) is 0 Å². The number of likely N-dealkylation sites (tertiary alicyclic amines) is 1. The molecule has 1 fully saturated rings. The predicted molar refractivity (Wildman–Crippen MR) is 71.5 cm³/mol. The number of hydrogen-bond donors (Lipinski definition) is 3. The lowest BCUT2D eigenvalue weighted by Gasteiger charge is -2.34. The molecule has 0 amide bonds. The van der Waals surface area contributed by atoms with Gasteiger partial charge in [0.25, 0.3) is 0 Å². The maximum absolute atomic E-state index is 9.49. The van der Waals surface area contributed by atoms with Gasteiger partial charge in [-0.25, -0.2) is 0 Å². The standard InChI is InChI=1S/C13H20BNO3/c1-10(15-8-6-13(16)7-9-15)11-2-4-12(5-3-11)14(17)18/h2-5,10,13,16-18H,6-9H2,1H3/t10-/m0/s1. The average molecular weight is 249 g/mol. The van der Waals surface area contributed by atoms with Gasteiger partial charge in [-0.2, -0.15) is 0 Å². The summed E-state index contributed by atoms with van der Waals surface area (Å²) in [7, 11) is -1.40. The summed E-state index contributed by atoms with van der Waals surface area (Å²) in [5, 5.41) is 27.6. The highest BCUT2D eigenvalue weighted by atomic mass is 16.4. The zero-order valence-corrected chi connectivity index (χ0v) is 10.7. The van der Waals surface area contributed by atoms with E-state index in [0.717, 1.165) is 31.5 Å². The molecule has 1 atom stereocenters. The van der Waals surface area contributed by atoms with Crippen molar-refractivity contribution < 1.29 is 15.2 Å². The molecule has 1 saturated heterocycles. The van der Waals surface area contributed by atoms with E-state index in [0.29, 0.717) is 11.5 Å². The van der Waals surface area contributed by atoms with Gasteiger partial charge in [0.1, 0.15) is 0 Å². The molecule has 0 unspecified atom stereocenters. The van der Waals surface area contributed by atoms with Gasteiger partial charge in [0.15, 0.2) is 0 Å². The van der Waals surface area contributed by atoms with E-state index in [-0.39, 0.29) is 6.10 Å². The second kappa shape index (κ2) is 5.84. The summed E-state index contributed by atoms with van der Waals surface area (Å²) in [5.74, 6) is 0. The van der Waals surface area contributed by atoms with Gasteiger partial charge in [-0.3, -0.25) is 4.90 Å². The first-order valence-electron chi connectivity index (χ1n) is 6.46. The van der Waals surface area contributed by atoms with Crippen molar-refractivity contribution in [3.8, 4) is 0 Å². The van der Waals surface area contributed by atoms with Crippen molar-refractivity contribution in [2.45, 2.75) is 31.9 Å². The molecule has 5 heteroatoms. The molecule has 1 heterocycles. The van der Waals surface area contributed by atoms with E-state index >= 15 is 0 Å². The van der Waals surface area contributed by atoms with Crippen molar-refractivity contribution >= 4 is 12.6 Å². The Morgan fingerprint density at radius 2 is 1.72 bits per heavy atom. The number of aliphatic hydroxyl groups is 1. The Balaban J connectivity index is 2.02. The minimum atomic E-state index is -1.40. The number of nitrogens with zero attached hydrogens (tertiary/aromatic N) is 1. The average Bonchev–Trinajstić information content (AvgIpc) is 2.39. The highest BCUT2D eigenvalue weighted by Gasteiger charge is 2.22. The van der Waals surface area contributed by atoms with Crippen LogP contribution in [0.1, 0.15) is 31.4 Å². The van der Waals surface area contributed by atoms with Gasteiger partial charge < -0.3 is 15.2 Å². The first kappa shape index (κ1) is 13.6. The van der Waals surface area contributed by atoms with Crippen LogP contribution in [-0.4, -0.2) is 46.4 Å². The van der Waals surface area contributed by atoms with Crippen LogP contribution in [0.15, 0.2) is 24.3 Å². The summed E-state index contributed by atoms with van der Waals surface area (Å²) in [4.78, 5) is 2.34. The quantitative estimate of drug-likeness (QED) is 0.654. The zero-order chi connectivity index (χ0) is 13.1. The molecule has 0 saturated carbocycles. The van der Waals surface area contributed by atoms with Crippen molar-refractivity contribution in [1.29, 1.82) is 0 Å². The van der Waals surface area contributed by atoms with Crippen molar-refractivity contribution in [3.63, 3.8) is 0 Å². The van der Waals surface area contributed by atoms with Crippen LogP contribution in [0.3, 0.4) is 0 Å². The van der Waals surface area contributed by atoms with Crippen molar-refractivity contribution in [2.75, 3.05) is 13.1 Å². The summed E-state index contributed by atoms with van der Waals surface area (Å²) in [6, 6.07) is 7.65. The lowest BCUT2D eigenvalue weighted by molar-refractivity contribution is 0.0645. The minimum Gasteiger partial charge on any atom is -0.423 e. The second-order valence-corrected chi connectivity index (χ2v) is 4.98. The molecule has 1 aromatic carbocycles. The van der Waals surface area contributed by atoms with Crippen molar-refractivity contribution in [2.24, 2.45) is 0 Å². The molecule has 4 nitrogen and oxygen atoms in total. The minimum absolute atomic E-state index is 0.152. The lowest BCUT2D eigenvalue weighted by atomic mass is 9.80. The summed E-state index contributed by atoms with van der Waals surface area (Å²) in [6.45, 7) is 3.96. The second-order valence-electron chi connectivity index (χ2n) is 4.98. The van der Waals surface area contributed by atoms with E-state index in [9.17, 15) is 5.11 Å². The molecule has 1 aliphatic heterocycles. The molecular formula is C13H20BNO3. The highest BCUT2D eigenvalue weighted by molar-refractivity contribution is 6.58. The van der Waals surface area contributed by atoms with Crippen LogP contribution in [0.25, 0.3) is 0 Å². The third-order valence-electron chi connectivity index (χ3n) is 3.76. The van der Waals surface area contributed by atoms with Crippen molar-refractivity contribution in [3.05, 3.63) is 29.8 Å². The molecule has 0 bridgehead atoms. The van der Waals surface area contributed by atoms with E-state index in [1.54, 1.807) is 12.1 Å². The van der Waals surface area contributed by atoms with E-state index in [4.69, 9.17) is 10.0 Å². The Labute approximate surface area is 108 Å². The lowest BCUT2D eigenvalue weighted by Crippen LogP contribution is -2.37. The molecule has 0 spiro atoms. The number of hydrogen-bond acceptors (Lipinski definition) is 4. The molecule has 3 N–H and O–H groups in total. The van der Waals surface area contributed by atoms with Crippen LogP contribution in [0.2, 0.25) is 0 Å². The van der Waals surface area contributed by atoms with Gasteiger partial charge in [-0.15, -0.1) is 0 Å². The number of piperidine rings is 1. The van der Waals surface area contributed by atoms with E-state index in [2.05, 4.69) is 11.8 Å². The summed E-state index contributed by atoms with van der Waals surface area (Å²) >= 11 is 0. The fourth-order valence-corrected chi connectivity index (χ4v) is 2.43. The monoisotopic (exact) mass is 249 g/mol. The molecule has 1 aromatic rings. The Morgan fingerprint density at radius 1 is 1.17 bits per heavy atom. The summed E-state index contributed by atoms with van der Waals surface area (Å²) in [5.41, 5.74) is 1.68. The van der Waals surface area contributed by atoms with Crippen LogP contribution in [0, 0.1) is 0 Å². The topological polar surface area (TPSA) is 63.9 Å². The maximum atomic E-state index is 9.49. The predicted octanol–water partition coefficient (Wildman–Crippen LogP) is -0.116. The van der Waals surface area contributed by atoms with Crippen LogP contribution in [0.4, 0.5) is 0 Å². The number of aliphatic hydroxyl groups excluding tert-OH is 1. The van der Waals surface area contributed by atoms with Crippen LogP contribution in [-0.2, 0) is 0 Å². The van der Waals surface area contributed by atoms with Crippen LogP contribution >= 0.6 is 0 Å². The summed E-state index contributed by atoms with van der Waals surface area (Å²) < 4.78 is 0. The Morgan fingerprint density at radius 3 is 2.22 bits per heavy atom. The Hall–Kier alpha value is -0.875. The third-order valence-corrected chi connectivity index (χ3v) is 3.76.